The Hall–Kier alpha value is -2.00. The number of rotatable bonds is 3. The molecule has 1 atom stereocenters. The van der Waals surface area contributed by atoms with E-state index in [1.165, 1.54) is 6.07 Å². The Labute approximate surface area is 113 Å². The Balaban J connectivity index is 2.36. The molecule has 1 aliphatic heterocycles. The summed E-state index contributed by atoms with van der Waals surface area (Å²) in [5.74, 6) is -2.91. The molecule has 20 heavy (non-hydrogen) atoms. The molecule has 1 aliphatic rings. The van der Waals surface area contributed by atoms with E-state index < -0.39 is 38.5 Å². The van der Waals surface area contributed by atoms with Crippen molar-refractivity contribution in [3.05, 3.63) is 29.6 Å². The van der Waals surface area contributed by atoms with Gasteiger partial charge < -0.3 is 10.0 Å². The average molecular weight is 302 g/mol. The van der Waals surface area contributed by atoms with Gasteiger partial charge in [0, 0.05) is 18.7 Å². The maximum absolute atomic E-state index is 13.3. The van der Waals surface area contributed by atoms with E-state index in [-0.39, 0.29) is 18.7 Å². The number of aromatic carboxylic acids is 1. The summed E-state index contributed by atoms with van der Waals surface area (Å²) in [5, 5.41) is 12.8. The Bertz CT molecular complexity index is 688. The molecule has 0 bridgehead atoms. The molecule has 1 amide bonds. The second kappa shape index (κ2) is 4.84. The molecule has 108 valence electrons. The molecular weight excluding hydrogens is 291 g/mol. The summed E-state index contributed by atoms with van der Waals surface area (Å²) in [4.78, 5) is 23.7. The summed E-state index contributed by atoms with van der Waals surface area (Å²) in [6.07, 6.45) is -0.279. The van der Waals surface area contributed by atoms with Crippen LogP contribution in [0.15, 0.2) is 18.2 Å². The van der Waals surface area contributed by atoms with Gasteiger partial charge in [-0.3, -0.25) is 4.79 Å². The first-order chi connectivity index (χ1) is 9.20. The number of anilines is 1. The topological polar surface area (TPSA) is 118 Å². The van der Waals surface area contributed by atoms with Crippen LogP contribution < -0.4 is 10.0 Å². The minimum Gasteiger partial charge on any atom is -0.478 e. The highest BCUT2D eigenvalue weighted by atomic mass is 32.2. The highest BCUT2D eigenvalue weighted by molar-refractivity contribution is 7.89. The summed E-state index contributed by atoms with van der Waals surface area (Å²) in [7, 11) is -3.86. The van der Waals surface area contributed by atoms with E-state index >= 15 is 0 Å². The van der Waals surface area contributed by atoms with Crippen LogP contribution in [-0.4, -0.2) is 37.2 Å². The first-order valence-corrected chi connectivity index (χ1v) is 7.16. The molecule has 0 aliphatic carbocycles. The summed E-state index contributed by atoms with van der Waals surface area (Å²) in [5.41, 5.74) is -0.464. The van der Waals surface area contributed by atoms with Gasteiger partial charge in [0.1, 0.15) is 11.1 Å². The van der Waals surface area contributed by atoms with Crippen LogP contribution >= 0.6 is 0 Å². The molecule has 1 aromatic carbocycles. The summed E-state index contributed by atoms with van der Waals surface area (Å²) < 4.78 is 35.7. The van der Waals surface area contributed by atoms with Crippen LogP contribution in [0.1, 0.15) is 16.8 Å². The smallest absolute Gasteiger partial charge is 0.338 e. The van der Waals surface area contributed by atoms with Gasteiger partial charge in [-0.25, -0.2) is 22.7 Å². The SMILES string of the molecule is NS(=O)(=O)C1CC(=O)N(c2ccc(F)c(C(=O)O)c2)C1. The number of nitrogens with two attached hydrogens (primary N) is 1. The standard InChI is InChI=1S/C11H11FN2O5S/c12-9-2-1-6(3-8(9)11(16)17)14-5-7(4-10(14)15)20(13,18)19/h1-3,7H,4-5H2,(H,16,17)(H2,13,18,19). The average Bonchev–Trinajstić information content (AvgIpc) is 2.71. The number of carboxylic acid groups (broad SMARTS) is 1. The van der Waals surface area contributed by atoms with E-state index in [9.17, 15) is 22.4 Å². The zero-order valence-electron chi connectivity index (χ0n) is 10.1. The van der Waals surface area contributed by atoms with Crippen LogP contribution in [0.4, 0.5) is 10.1 Å². The maximum atomic E-state index is 13.3. The van der Waals surface area contributed by atoms with E-state index in [0.717, 1.165) is 17.0 Å². The summed E-state index contributed by atoms with van der Waals surface area (Å²) >= 11 is 0. The number of nitrogens with zero attached hydrogens (tertiary/aromatic N) is 1. The van der Waals surface area contributed by atoms with Crippen LogP contribution in [0.2, 0.25) is 0 Å². The van der Waals surface area contributed by atoms with E-state index in [4.69, 9.17) is 10.2 Å². The molecule has 0 aromatic heterocycles. The Kier molecular flexibility index (Phi) is 3.48. The highest BCUT2D eigenvalue weighted by Crippen LogP contribution is 2.26. The number of hydrogen-bond acceptors (Lipinski definition) is 4. The van der Waals surface area contributed by atoms with Crippen LogP contribution in [0.5, 0.6) is 0 Å². The van der Waals surface area contributed by atoms with Gasteiger partial charge in [0.2, 0.25) is 15.9 Å². The third-order valence-corrected chi connectivity index (χ3v) is 4.29. The summed E-state index contributed by atoms with van der Waals surface area (Å²) in [6.45, 7) is -0.178. The lowest BCUT2D eigenvalue weighted by molar-refractivity contribution is -0.117. The van der Waals surface area contributed by atoms with Gasteiger partial charge in [0.05, 0.1) is 5.56 Å². The molecule has 9 heteroatoms. The first-order valence-electron chi connectivity index (χ1n) is 5.55. The predicted molar refractivity (Wildman–Crippen MR) is 67.2 cm³/mol. The first kappa shape index (κ1) is 14.4. The quantitative estimate of drug-likeness (QED) is 0.809. The van der Waals surface area contributed by atoms with Gasteiger partial charge in [-0.2, -0.15) is 0 Å². The maximum Gasteiger partial charge on any atom is 0.338 e. The van der Waals surface area contributed by atoms with Gasteiger partial charge in [0.25, 0.3) is 0 Å². The van der Waals surface area contributed by atoms with E-state index in [2.05, 4.69) is 0 Å². The third kappa shape index (κ3) is 2.63. The van der Waals surface area contributed by atoms with E-state index in [0.29, 0.717) is 0 Å². The number of halogens is 1. The Morgan fingerprint density at radius 1 is 1.45 bits per heavy atom. The molecule has 0 saturated carbocycles. The van der Waals surface area contributed by atoms with Gasteiger partial charge in [-0.05, 0) is 18.2 Å². The molecule has 1 fully saturated rings. The zero-order valence-corrected chi connectivity index (χ0v) is 10.9. The van der Waals surface area contributed by atoms with Gasteiger partial charge in [-0.15, -0.1) is 0 Å². The molecule has 2 rings (SSSR count). The van der Waals surface area contributed by atoms with Crippen molar-refractivity contribution in [2.45, 2.75) is 11.7 Å². The lowest BCUT2D eigenvalue weighted by atomic mass is 10.2. The van der Waals surface area contributed by atoms with Gasteiger partial charge >= 0.3 is 5.97 Å². The van der Waals surface area contributed by atoms with Crippen molar-refractivity contribution in [3.8, 4) is 0 Å². The van der Waals surface area contributed by atoms with Crippen LogP contribution in [-0.2, 0) is 14.8 Å². The molecule has 0 radical (unpaired) electrons. The van der Waals surface area contributed by atoms with E-state index in [1.807, 2.05) is 0 Å². The fourth-order valence-electron chi connectivity index (χ4n) is 1.99. The lowest BCUT2D eigenvalue weighted by Gasteiger charge is -2.17. The van der Waals surface area contributed by atoms with Crippen molar-refractivity contribution < 1.29 is 27.5 Å². The minimum absolute atomic E-state index is 0.125. The largest absolute Gasteiger partial charge is 0.478 e. The number of hydrogen-bond donors (Lipinski definition) is 2. The van der Waals surface area contributed by atoms with E-state index in [1.54, 1.807) is 0 Å². The normalized spacial score (nSPS) is 19.4. The van der Waals surface area contributed by atoms with Crippen LogP contribution in [0.25, 0.3) is 0 Å². The van der Waals surface area contributed by atoms with Gasteiger partial charge in [-0.1, -0.05) is 0 Å². The van der Waals surface area contributed by atoms with Crippen LogP contribution in [0, 0.1) is 5.82 Å². The number of sulfonamides is 1. The van der Waals surface area contributed by atoms with Crippen molar-refractivity contribution >= 4 is 27.6 Å². The predicted octanol–water partition coefficient (Wildman–Crippen LogP) is -0.0823. The molecule has 0 spiro atoms. The van der Waals surface area contributed by atoms with Crippen molar-refractivity contribution in [1.82, 2.24) is 0 Å². The molecule has 1 aromatic rings. The Morgan fingerprint density at radius 3 is 2.60 bits per heavy atom. The number of benzene rings is 1. The van der Waals surface area contributed by atoms with Crippen LogP contribution in [0.3, 0.4) is 0 Å². The second-order valence-electron chi connectivity index (χ2n) is 4.39. The second-order valence-corrected chi connectivity index (χ2v) is 6.23. The number of amides is 1. The minimum atomic E-state index is -3.86. The number of primary sulfonamides is 1. The molecule has 1 saturated heterocycles. The molecular formula is C11H11FN2O5S. The lowest BCUT2D eigenvalue weighted by Crippen LogP contribution is -2.32. The fraction of sp³-hybridized carbons (Fsp3) is 0.273. The molecule has 1 unspecified atom stereocenters. The highest BCUT2D eigenvalue weighted by Gasteiger charge is 2.37. The number of carboxylic acids is 1. The Morgan fingerprint density at radius 2 is 2.10 bits per heavy atom. The fourth-order valence-corrected chi connectivity index (χ4v) is 2.72. The van der Waals surface area contributed by atoms with Crippen molar-refractivity contribution in [3.63, 3.8) is 0 Å². The molecule has 3 N–H and O–H groups in total. The third-order valence-electron chi connectivity index (χ3n) is 3.05. The monoisotopic (exact) mass is 302 g/mol. The van der Waals surface area contributed by atoms with Crippen molar-refractivity contribution in [2.75, 3.05) is 11.4 Å². The molecule has 7 nitrogen and oxygen atoms in total. The number of carbonyl (C=O) groups excluding carboxylic acids is 1. The van der Waals surface area contributed by atoms with Gasteiger partial charge in [0.15, 0.2) is 0 Å². The van der Waals surface area contributed by atoms with Crippen molar-refractivity contribution in [2.24, 2.45) is 5.14 Å². The summed E-state index contributed by atoms with van der Waals surface area (Å²) in [6, 6.07) is 3.11. The zero-order chi connectivity index (χ0) is 15.1. The molecule has 1 heterocycles. The number of carbonyl (C=O) groups is 2. The van der Waals surface area contributed by atoms with Crippen molar-refractivity contribution in [1.29, 1.82) is 0 Å².